The lowest BCUT2D eigenvalue weighted by Crippen LogP contribution is -2.32. The van der Waals surface area contributed by atoms with Gasteiger partial charge in [-0.3, -0.25) is 4.79 Å². The van der Waals surface area contributed by atoms with Gasteiger partial charge in [-0.25, -0.2) is 0 Å². The number of nitrogens with one attached hydrogen (secondary N) is 1. The van der Waals surface area contributed by atoms with Crippen LogP contribution in [0.1, 0.15) is 13.8 Å². The van der Waals surface area contributed by atoms with Crippen LogP contribution >= 0.6 is 22.9 Å². The van der Waals surface area contributed by atoms with Crippen molar-refractivity contribution >= 4 is 34.0 Å². The average molecular weight is 220 g/mol. The van der Waals surface area contributed by atoms with E-state index in [-0.39, 0.29) is 11.8 Å². The molecule has 13 heavy (non-hydrogen) atoms. The molecule has 0 aliphatic heterocycles. The fraction of sp³-hybridized carbons (Fsp3) is 0.571. The molecule has 1 aromatic heterocycles. The van der Waals surface area contributed by atoms with E-state index in [1.807, 2.05) is 0 Å². The van der Waals surface area contributed by atoms with Gasteiger partial charge in [0, 0.05) is 5.88 Å². The van der Waals surface area contributed by atoms with Crippen LogP contribution in [0.3, 0.4) is 0 Å². The zero-order valence-corrected chi connectivity index (χ0v) is 8.95. The predicted octanol–water partition coefficient (Wildman–Crippen LogP) is 1.74. The fourth-order valence-electron chi connectivity index (χ4n) is 0.555. The van der Waals surface area contributed by atoms with Gasteiger partial charge < -0.3 is 5.32 Å². The number of aromatic nitrogens is 2. The first-order valence-electron chi connectivity index (χ1n) is 3.70. The molecule has 4 nitrogen and oxygen atoms in total. The van der Waals surface area contributed by atoms with Crippen molar-refractivity contribution in [3.63, 3.8) is 0 Å². The van der Waals surface area contributed by atoms with Gasteiger partial charge >= 0.3 is 0 Å². The number of rotatable bonds is 3. The Morgan fingerprint density at radius 3 is 2.92 bits per heavy atom. The number of anilines is 1. The van der Waals surface area contributed by atoms with E-state index in [9.17, 15) is 4.79 Å². The van der Waals surface area contributed by atoms with E-state index in [0.717, 1.165) is 0 Å². The quantitative estimate of drug-likeness (QED) is 0.788. The van der Waals surface area contributed by atoms with E-state index in [1.165, 1.54) is 11.3 Å². The third-order valence-corrected chi connectivity index (χ3v) is 2.80. The predicted molar refractivity (Wildman–Crippen MR) is 53.0 cm³/mol. The van der Waals surface area contributed by atoms with Crippen molar-refractivity contribution in [1.82, 2.24) is 10.2 Å². The van der Waals surface area contributed by atoms with E-state index in [4.69, 9.17) is 11.6 Å². The number of hydrogen-bond donors (Lipinski definition) is 1. The summed E-state index contributed by atoms with van der Waals surface area (Å²) in [6.07, 6.45) is 0. The SMILES string of the molecule is CC(C)(CCl)C(=O)Nc1nncs1. The molecule has 1 heterocycles. The van der Waals surface area contributed by atoms with Gasteiger partial charge in [0.15, 0.2) is 0 Å². The summed E-state index contributed by atoms with van der Waals surface area (Å²) < 4.78 is 0. The van der Waals surface area contributed by atoms with Gasteiger partial charge in [0.2, 0.25) is 11.0 Å². The molecule has 0 saturated heterocycles. The lowest BCUT2D eigenvalue weighted by Gasteiger charge is -2.18. The second-order valence-corrected chi connectivity index (χ2v) is 4.32. The molecule has 1 amide bonds. The van der Waals surface area contributed by atoms with Gasteiger partial charge in [-0.15, -0.1) is 21.8 Å². The highest BCUT2D eigenvalue weighted by Gasteiger charge is 2.26. The van der Waals surface area contributed by atoms with Gasteiger partial charge in [-0.05, 0) is 13.8 Å². The van der Waals surface area contributed by atoms with Gasteiger partial charge in [-0.1, -0.05) is 11.3 Å². The van der Waals surface area contributed by atoms with Crippen LogP contribution in [0.4, 0.5) is 5.13 Å². The van der Waals surface area contributed by atoms with E-state index < -0.39 is 5.41 Å². The van der Waals surface area contributed by atoms with E-state index in [0.29, 0.717) is 5.13 Å². The molecule has 6 heteroatoms. The Balaban J connectivity index is 2.61. The summed E-state index contributed by atoms with van der Waals surface area (Å²) in [5, 5.41) is 10.4. The molecule has 0 fully saturated rings. The van der Waals surface area contributed by atoms with E-state index in [1.54, 1.807) is 19.4 Å². The molecule has 0 radical (unpaired) electrons. The summed E-state index contributed by atoms with van der Waals surface area (Å²) in [6.45, 7) is 3.55. The number of amides is 1. The van der Waals surface area contributed by atoms with Gasteiger partial charge in [0.25, 0.3) is 0 Å². The number of alkyl halides is 1. The average Bonchev–Trinajstić information content (AvgIpc) is 2.57. The number of nitrogens with zero attached hydrogens (tertiary/aromatic N) is 2. The minimum atomic E-state index is -0.576. The van der Waals surface area contributed by atoms with E-state index in [2.05, 4.69) is 15.5 Å². The first-order chi connectivity index (χ1) is 6.06. The zero-order valence-electron chi connectivity index (χ0n) is 7.37. The van der Waals surface area contributed by atoms with Gasteiger partial charge in [-0.2, -0.15) is 0 Å². The van der Waals surface area contributed by atoms with Crippen molar-refractivity contribution in [3.8, 4) is 0 Å². The fourth-order valence-corrected chi connectivity index (χ4v) is 1.12. The molecule has 0 aliphatic carbocycles. The highest BCUT2D eigenvalue weighted by Crippen LogP contribution is 2.20. The highest BCUT2D eigenvalue weighted by molar-refractivity contribution is 7.13. The molecule has 0 bridgehead atoms. The Morgan fingerprint density at radius 2 is 2.46 bits per heavy atom. The Kier molecular flexibility index (Phi) is 3.22. The topological polar surface area (TPSA) is 54.9 Å². The van der Waals surface area contributed by atoms with E-state index >= 15 is 0 Å². The first kappa shape index (κ1) is 10.4. The summed E-state index contributed by atoms with van der Waals surface area (Å²) in [4.78, 5) is 11.5. The molecule has 0 aliphatic rings. The summed E-state index contributed by atoms with van der Waals surface area (Å²) in [5.74, 6) is 0.136. The zero-order chi connectivity index (χ0) is 9.90. The number of hydrogen-bond acceptors (Lipinski definition) is 4. The molecule has 0 unspecified atom stereocenters. The van der Waals surface area contributed by atoms with Gasteiger partial charge in [0.1, 0.15) is 5.51 Å². The monoisotopic (exact) mass is 219 g/mol. The Morgan fingerprint density at radius 1 is 1.77 bits per heavy atom. The summed E-state index contributed by atoms with van der Waals surface area (Å²) >= 11 is 6.92. The van der Waals surface area contributed by atoms with Crippen LogP contribution in [0.25, 0.3) is 0 Å². The third kappa shape index (κ3) is 2.63. The van der Waals surface area contributed by atoms with Crippen molar-refractivity contribution < 1.29 is 4.79 Å². The molecular weight excluding hydrogens is 210 g/mol. The van der Waals surface area contributed by atoms with Crippen LogP contribution in [0.15, 0.2) is 5.51 Å². The molecule has 0 aromatic carbocycles. The van der Waals surface area contributed by atoms with Crippen molar-refractivity contribution in [1.29, 1.82) is 0 Å². The summed E-state index contributed by atoms with van der Waals surface area (Å²) in [5.41, 5.74) is 0.983. The number of carbonyl (C=O) groups is 1. The smallest absolute Gasteiger partial charge is 0.233 e. The van der Waals surface area contributed by atoms with Crippen molar-refractivity contribution in [2.75, 3.05) is 11.2 Å². The molecule has 0 spiro atoms. The second kappa shape index (κ2) is 4.02. The molecule has 1 N–H and O–H groups in total. The van der Waals surface area contributed by atoms with Crippen molar-refractivity contribution in [2.24, 2.45) is 5.41 Å². The van der Waals surface area contributed by atoms with Crippen LogP contribution < -0.4 is 5.32 Å². The van der Waals surface area contributed by atoms with Crippen LogP contribution in [0.2, 0.25) is 0 Å². The number of carbonyl (C=O) groups excluding carboxylic acids is 1. The molecule has 72 valence electrons. The summed E-state index contributed by atoms with van der Waals surface area (Å²) in [6, 6.07) is 0. The van der Waals surface area contributed by atoms with Crippen LogP contribution in [0, 0.1) is 5.41 Å². The maximum Gasteiger partial charge on any atom is 0.233 e. The standard InChI is InChI=1S/C7H10ClN3OS/c1-7(2,3-8)5(12)10-6-11-9-4-13-6/h4H,3H2,1-2H3,(H,10,11,12). The first-order valence-corrected chi connectivity index (χ1v) is 5.11. The van der Waals surface area contributed by atoms with Crippen LogP contribution in [-0.4, -0.2) is 22.0 Å². The molecule has 1 rings (SSSR count). The normalized spacial score (nSPS) is 11.3. The molecule has 1 aromatic rings. The minimum Gasteiger partial charge on any atom is -0.300 e. The van der Waals surface area contributed by atoms with Gasteiger partial charge in [0.05, 0.1) is 5.41 Å². The lowest BCUT2D eigenvalue weighted by molar-refractivity contribution is -0.122. The third-order valence-electron chi connectivity index (χ3n) is 1.53. The minimum absolute atomic E-state index is 0.140. The highest BCUT2D eigenvalue weighted by atomic mass is 35.5. The second-order valence-electron chi connectivity index (χ2n) is 3.22. The molecule has 0 saturated carbocycles. The van der Waals surface area contributed by atoms with Crippen LogP contribution in [0.5, 0.6) is 0 Å². The van der Waals surface area contributed by atoms with Crippen LogP contribution in [-0.2, 0) is 4.79 Å². The Hall–Kier alpha value is -0.680. The Bertz CT molecular complexity index is 286. The summed E-state index contributed by atoms with van der Waals surface area (Å²) in [7, 11) is 0. The largest absolute Gasteiger partial charge is 0.300 e. The molecular formula is C7H10ClN3OS. The maximum atomic E-state index is 11.5. The number of halogens is 1. The van der Waals surface area contributed by atoms with Crippen molar-refractivity contribution in [2.45, 2.75) is 13.8 Å². The molecule has 0 atom stereocenters. The van der Waals surface area contributed by atoms with Crippen molar-refractivity contribution in [3.05, 3.63) is 5.51 Å². The lowest BCUT2D eigenvalue weighted by atomic mass is 9.95. The maximum absolute atomic E-state index is 11.5. The Labute approximate surface area is 85.3 Å².